The van der Waals surface area contributed by atoms with E-state index in [1.807, 2.05) is 0 Å². The number of nitrogens with one attached hydrogen (secondary N) is 1. The maximum atomic E-state index is 5.84. The van der Waals surface area contributed by atoms with Gasteiger partial charge in [-0.2, -0.15) is 0 Å². The van der Waals surface area contributed by atoms with Crippen molar-refractivity contribution in [2.24, 2.45) is 5.73 Å². The van der Waals surface area contributed by atoms with Crippen LogP contribution in [0.5, 0.6) is 0 Å². The summed E-state index contributed by atoms with van der Waals surface area (Å²) >= 11 is 3.50. The smallest absolute Gasteiger partial charge is 0.0178 e. The minimum atomic E-state index is 0.486. The van der Waals surface area contributed by atoms with E-state index in [1.54, 1.807) is 0 Å². The highest BCUT2D eigenvalue weighted by Gasteiger charge is 2.21. The fourth-order valence-electron chi connectivity index (χ4n) is 2.02. The van der Waals surface area contributed by atoms with Crippen molar-refractivity contribution in [3.63, 3.8) is 0 Å². The van der Waals surface area contributed by atoms with Gasteiger partial charge in [-0.05, 0) is 49.5 Å². The molecule has 1 fully saturated rings. The Bertz CT molecular complexity index is 323. The molecule has 2 unspecified atom stereocenters. The molecule has 0 spiro atoms. The summed E-state index contributed by atoms with van der Waals surface area (Å²) < 4.78 is 1.14. The van der Waals surface area contributed by atoms with Crippen molar-refractivity contribution >= 4 is 15.9 Å². The lowest BCUT2D eigenvalue weighted by molar-refractivity contribution is 0.330. The van der Waals surface area contributed by atoms with Crippen LogP contribution in [0.1, 0.15) is 24.3 Å². The Morgan fingerprint density at radius 2 is 2.33 bits per heavy atom. The van der Waals surface area contributed by atoms with Crippen LogP contribution in [0.15, 0.2) is 28.7 Å². The summed E-state index contributed by atoms with van der Waals surface area (Å²) in [5.74, 6) is 0.486. The molecule has 3 heteroatoms. The highest BCUT2D eigenvalue weighted by molar-refractivity contribution is 9.10. The van der Waals surface area contributed by atoms with Crippen molar-refractivity contribution in [1.29, 1.82) is 0 Å². The van der Waals surface area contributed by atoms with Crippen LogP contribution < -0.4 is 11.1 Å². The van der Waals surface area contributed by atoms with Crippen molar-refractivity contribution in [3.05, 3.63) is 34.3 Å². The molecule has 3 N–H and O–H groups in total. The van der Waals surface area contributed by atoms with Crippen LogP contribution in [0.2, 0.25) is 0 Å². The van der Waals surface area contributed by atoms with E-state index in [-0.39, 0.29) is 0 Å². The van der Waals surface area contributed by atoms with Gasteiger partial charge in [-0.3, -0.25) is 0 Å². The highest BCUT2D eigenvalue weighted by Crippen LogP contribution is 2.25. The first-order valence-electron chi connectivity index (χ1n) is 5.48. The molecule has 2 nitrogen and oxygen atoms in total. The van der Waals surface area contributed by atoms with E-state index in [1.165, 1.54) is 18.5 Å². The Morgan fingerprint density at radius 3 is 2.87 bits per heavy atom. The van der Waals surface area contributed by atoms with Gasteiger partial charge in [0.15, 0.2) is 0 Å². The first kappa shape index (κ1) is 11.1. The molecule has 0 radical (unpaired) electrons. The van der Waals surface area contributed by atoms with Crippen molar-refractivity contribution < 1.29 is 0 Å². The number of rotatable bonds is 4. The topological polar surface area (TPSA) is 38.0 Å². The Morgan fingerprint density at radius 1 is 1.53 bits per heavy atom. The lowest BCUT2D eigenvalue weighted by atomic mass is 9.88. The summed E-state index contributed by atoms with van der Waals surface area (Å²) in [5, 5.41) is 3.43. The zero-order valence-corrected chi connectivity index (χ0v) is 10.3. The largest absolute Gasteiger partial charge is 0.330 e. The summed E-state index contributed by atoms with van der Waals surface area (Å²) in [6, 6.07) is 9.16. The third-order valence-corrected chi connectivity index (χ3v) is 3.59. The van der Waals surface area contributed by atoms with Crippen LogP contribution in [0, 0.1) is 0 Å². The zero-order valence-electron chi connectivity index (χ0n) is 8.75. The van der Waals surface area contributed by atoms with Gasteiger partial charge >= 0.3 is 0 Å². The monoisotopic (exact) mass is 268 g/mol. The minimum Gasteiger partial charge on any atom is -0.330 e. The predicted octanol–water partition coefficient (Wildman–Crippen LogP) is 2.24. The molecule has 0 aromatic heterocycles. The Labute approximate surface area is 99.4 Å². The lowest BCUT2D eigenvalue weighted by Crippen LogP contribution is -2.44. The normalized spacial score (nSPS) is 22.1. The van der Waals surface area contributed by atoms with Crippen LogP contribution in [-0.2, 0) is 0 Å². The molecule has 82 valence electrons. The molecule has 0 aliphatic carbocycles. The molecule has 0 saturated carbocycles. The molecule has 1 heterocycles. The average molecular weight is 269 g/mol. The SMILES string of the molecule is NCC(CC1CCN1)c1cccc(Br)c1. The maximum Gasteiger partial charge on any atom is 0.0178 e. The van der Waals surface area contributed by atoms with Crippen LogP contribution in [0.25, 0.3) is 0 Å². The van der Waals surface area contributed by atoms with Crippen molar-refractivity contribution in [2.45, 2.75) is 24.8 Å². The minimum absolute atomic E-state index is 0.486. The predicted molar refractivity (Wildman–Crippen MR) is 67.0 cm³/mol. The van der Waals surface area contributed by atoms with E-state index in [0.717, 1.165) is 17.4 Å². The molecule has 0 bridgehead atoms. The first-order chi connectivity index (χ1) is 7.29. The van der Waals surface area contributed by atoms with Crippen molar-refractivity contribution in [3.8, 4) is 0 Å². The molecule has 2 rings (SSSR count). The molecule has 1 aliphatic heterocycles. The summed E-state index contributed by atoms with van der Waals surface area (Å²) in [6.45, 7) is 1.90. The molecule has 2 atom stereocenters. The molecule has 1 saturated heterocycles. The Hall–Kier alpha value is -0.380. The zero-order chi connectivity index (χ0) is 10.7. The third-order valence-electron chi connectivity index (χ3n) is 3.10. The molecule has 1 aromatic carbocycles. The van der Waals surface area contributed by atoms with E-state index in [2.05, 4.69) is 45.5 Å². The highest BCUT2D eigenvalue weighted by atomic mass is 79.9. The number of halogens is 1. The van der Waals surface area contributed by atoms with Gasteiger partial charge < -0.3 is 11.1 Å². The van der Waals surface area contributed by atoms with Crippen molar-refractivity contribution in [2.75, 3.05) is 13.1 Å². The summed E-state index contributed by atoms with van der Waals surface area (Å²) in [4.78, 5) is 0. The fraction of sp³-hybridized carbons (Fsp3) is 0.500. The van der Waals surface area contributed by atoms with E-state index in [0.29, 0.717) is 12.0 Å². The van der Waals surface area contributed by atoms with Gasteiger partial charge in [-0.15, -0.1) is 0 Å². The summed E-state index contributed by atoms with van der Waals surface area (Å²) in [6.07, 6.45) is 2.46. The van der Waals surface area contributed by atoms with Crippen LogP contribution in [0.4, 0.5) is 0 Å². The Balaban J connectivity index is 2.04. The van der Waals surface area contributed by atoms with Gasteiger partial charge in [-0.1, -0.05) is 28.1 Å². The van der Waals surface area contributed by atoms with E-state index >= 15 is 0 Å². The number of benzene rings is 1. The van der Waals surface area contributed by atoms with E-state index in [4.69, 9.17) is 5.73 Å². The molecule has 1 aromatic rings. The van der Waals surface area contributed by atoms with Gasteiger partial charge in [0.05, 0.1) is 0 Å². The number of nitrogens with two attached hydrogens (primary N) is 1. The van der Waals surface area contributed by atoms with E-state index in [9.17, 15) is 0 Å². The fourth-order valence-corrected chi connectivity index (χ4v) is 2.44. The second-order valence-electron chi connectivity index (χ2n) is 4.16. The number of hydrogen-bond acceptors (Lipinski definition) is 2. The standard InChI is InChI=1S/C12H17BrN2/c13-11-3-1-2-9(6-11)10(8-14)7-12-4-5-15-12/h1-3,6,10,12,15H,4-5,7-8,14H2. The van der Waals surface area contributed by atoms with Crippen LogP contribution >= 0.6 is 15.9 Å². The lowest BCUT2D eigenvalue weighted by Gasteiger charge is -2.31. The average Bonchev–Trinajstić information content (AvgIpc) is 2.16. The third kappa shape index (κ3) is 2.80. The maximum absolute atomic E-state index is 5.84. The van der Waals surface area contributed by atoms with Gasteiger partial charge in [0.25, 0.3) is 0 Å². The molecule has 15 heavy (non-hydrogen) atoms. The van der Waals surface area contributed by atoms with Gasteiger partial charge in [0.1, 0.15) is 0 Å². The molecular formula is C12H17BrN2. The number of hydrogen-bond donors (Lipinski definition) is 2. The van der Waals surface area contributed by atoms with E-state index < -0.39 is 0 Å². The van der Waals surface area contributed by atoms with Gasteiger partial charge in [-0.25, -0.2) is 0 Å². The van der Waals surface area contributed by atoms with Crippen molar-refractivity contribution in [1.82, 2.24) is 5.32 Å². The summed E-state index contributed by atoms with van der Waals surface area (Å²) in [5.41, 5.74) is 7.19. The van der Waals surface area contributed by atoms with Gasteiger partial charge in [0.2, 0.25) is 0 Å². The molecular weight excluding hydrogens is 252 g/mol. The first-order valence-corrected chi connectivity index (χ1v) is 6.28. The molecule has 0 amide bonds. The second-order valence-corrected chi connectivity index (χ2v) is 5.08. The molecule has 1 aliphatic rings. The summed E-state index contributed by atoms with van der Waals surface area (Å²) in [7, 11) is 0. The van der Waals surface area contributed by atoms with Crippen LogP contribution in [-0.4, -0.2) is 19.1 Å². The van der Waals surface area contributed by atoms with Crippen LogP contribution in [0.3, 0.4) is 0 Å². The second kappa shape index (κ2) is 5.10. The quantitative estimate of drug-likeness (QED) is 0.879. The Kier molecular flexibility index (Phi) is 3.78. The van der Waals surface area contributed by atoms with Gasteiger partial charge in [0, 0.05) is 10.5 Å².